The number of hydrogen-bond donors (Lipinski definition) is 1. The lowest BCUT2D eigenvalue weighted by Gasteiger charge is -2.07. The molecule has 13 heavy (non-hydrogen) atoms. The van der Waals surface area contributed by atoms with E-state index in [2.05, 4.69) is 30.4 Å². The summed E-state index contributed by atoms with van der Waals surface area (Å²) in [7, 11) is 0. The van der Waals surface area contributed by atoms with E-state index in [4.69, 9.17) is 0 Å². The summed E-state index contributed by atoms with van der Waals surface area (Å²) in [5, 5.41) is 3.48. The fraction of sp³-hybridized carbons (Fsp3) is 0.500. The van der Waals surface area contributed by atoms with Gasteiger partial charge in [-0.05, 0) is 30.4 Å². The van der Waals surface area contributed by atoms with Gasteiger partial charge in [-0.25, -0.2) is 0 Å². The molecule has 1 aromatic carbocycles. The largest absolute Gasteiger partial charge is 0.384 e. The monoisotopic (exact) mass is 175 g/mol. The molecule has 1 heterocycles. The van der Waals surface area contributed by atoms with Crippen molar-refractivity contribution < 1.29 is 0 Å². The molecule has 0 saturated carbocycles. The first-order valence-corrected chi connectivity index (χ1v) is 5.26. The molecule has 70 valence electrons. The van der Waals surface area contributed by atoms with Crippen LogP contribution < -0.4 is 5.32 Å². The van der Waals surface area contributed by atoms with Gasteiger partial charge in [-0.2, -0.15) is 0 Å². The Morgan fingerprint density at radius 1 is 1.38 bits per heavy atom. The quantitative estimate of drug-likeness (QED) is 0.744. The number of aryl methyl sites for hydroxylation is 1. The van der Waals surface area contributed by atoms with Gasteiger partial charge in [0.2, 0.25) is 0 Å². The van der Waals surface area contributed by atoms with Gasteiger partial charge in [-0.15, -0.1) is 0 Å². The van der Waals surface area contributed by atoms with E-state index in [-0.39, 0.29) is 0 Å². The Kier molecular flexibility index (Phi) is 2.53. The van der Waals surface area contributed by atoms with E-state index in [9.17, 15) is 0 Å². The average Bonchev–Trinajstić information content (AvgIpc) is 2.62. The van der Waals surface area contributed by atoms with Crippen LogP contribution in [0.15, 0.2) is 18.2 Å². The number of benzene rings is 1. The summed E-state index contributed by atoms with van der Waals surface area (Å²) in [5.74, 6) is 0. The molecule has 1 aliphatic rings. The van der Waals surface area contributed by atoms with Crippen molar-refractivity contribution in [2.75, 3.05) is 11.9 Å². The summed E-state index contributed by atoms with van der Waals surface area (Å²) in [6, 6.07) is 6.69. The molecule has 0 atom stereocenters. The number of nitrogens with one attached hydrogen (secondary N) is 1. The number of unbranched alkanes of at least 4 members (excludes halogenated alkanes) is 1. The normalized spacial score (nSPS) is 13.9. The Morgan fingerprint density at radius 3 is 3.15 bits per heavy atom. The summed E-state index contributed by atoms with van der Waals surface area (Å²) >= 11 is 0. The van der Waals surface area contributed by atoms with Crippen LogP contribution in [0, 0.1) is 0 Å². The SMILES string of the molecule is CCCCc1cccc2c1NCC2. The Bertz CT molecular complexity index is 291. The van der Waals surface area contributed by atoms with Gasteiger partial charge in [0.1, 0.15) is 0 Å². The molecule has 0 spiro atoms. The highest BCUT2D eigenvalue weighted by Gasteiger charge is 2.12. The zero-order valence-electron chi connectivity index (χ0n) is 8.27. The van der Waals surface area contributed by atoms with Crippen molar-refractivity contribution in [3.05, 3.63) is 29.3 Å². The molecule has 0 bridgehead atoms. The van der Waals surface area contributed by atoms with Crippen LogP contribution in [0.2, 0.25) is 0 Å². The van der Waals surface area contributed by atoms with Crippen molar-refractivity contribution in [2.45, 2.75) is 32.6 Å². The second-order valence-electron chi connectivity index (χ2n) is 3.73. The first-order valence-electron chi connectivity index (χ1n) is 5.26. The number of anilines is 1. The molecule has 0 unspecified atom stereocenters. The molecule has 0 aliphatic carbocycles. The number of rotatable bonds is 3. The van der Waals surface area contributed by atoms with E-state index in [1.165, 1.54) is 42.5 Å². The smallest absolute Gasteiger partial charge is 0.0406 e. The first-order chi connectivity index (χ1) is 6.42. The summed E-state index contributed by atoms with van der Waals surface area (Å²) in [5.41, 5.74) is 4.45. The van der Waals surface area contributed by atoms with Crippen molar-refractivity contribution in [2.24, 2.45) is 0 Å². The lowest BCUT2D eigenvalue weighted by atomic mass is 10.0. The molecule has 1 aromatic rings. The van der Waals surface area contributed by atoms with Crippen LogP contribution in [0.4, 0.5) is 5.69 Å². The maximum Gasteiger partial charge on any atom is 0.0406 e. The predicted octanol–water partition coefficient (Wildman–Crippen LogP) is 3.00. The van der Waals surface area contributed by atoms with E-state index < -0.39 is 0 Å². The highest BCUT2D eigenvalue weighted by Crippen LogP contribution is 2.27. The fourth-order valence-corrected chi connectivity index (χ4v) is 1.99. The standard InChI is InChI=1S/C12H17N/c1-2-3-5-10-6-4-7-11-8-9-13-12(10)11/h4,6-7,13H,2-3,5,8-9H2,1H3. The van der Waals surface area contributed by atoms with Gasteiger partial charge >= 0.3 is 0 Å². The number of fused-ring (bicyclic) bond motifs is 1. The summed E-state index contributed by atoms with van der Waals surface area (Å²) < 4.78 is 0. The third kappa shape index (κ3) is 1.69. The molecule has 1 aliphatic heterocycles. The van der Waals surface area contributed by atoms with Gasteiger partial charge in [-0.3, -0.25) is 0 Å². The van der Waals surface area contributed by atoms with E-state index in [0.29, 0.717) is 0 Å². The van der Waals surface area contributed by atoms with Crippen LogP contribution >= 0.6 is 0 Å². The zero-order chi connectivity index (χ0) is 9.10. The van der Waals surface area contributed by atoms with E-state index in [1.54, 1.807) is 0 Å². The summed E-state index contributed by atoms with van der Waals surface area (Å²) in [6.45, 7) is 3.37. The molecule has 0 amide bonds. The van der Waals surface area contributed by atoms with Gasteiger partial charge in [0.05, 0.1) is 0 Å². The molecule has 1 heteroatoms. The number of hydrogen-bond acceptors (Lipinski definition) is 1. The minimum Gasteiger partial charge on any atom is -0.384 e. The second-order valence-corrected chi connectivity index (χ2v) is 3.73. The molecule has 0 fully saturated rings. The van der Waals surface area contributed by atoms with Crippen LogP contribution in [0.1, 0.15) is 30.9 Å². The minimum atomic E-state index is 1.12. The third-order valence-corrected chi connectivity index (χ3v) is 2.73. The Labute approximate surface area is 80.2 Å². The highest BCUT2D eigenvalue weighted by atomic mass is 14.9. The van der Waals surface area contributed by atoms with Crippen molar-refractivity contribution in [1.29, 1.82) is 0 Å². The van der Waals surface area contributed by atoms with Crippen LogP contribution in [-0.4, -0.2) is 6.54 Å². The topological polar surface area (TPSA) is 12.0 Å². The molecular formula is C12H17N. The fourth-order valence-electron chi connectivity index (χ4n) is 1.99. The van der Waals surface area contributed by atoms with Gasteiger partial charge < -0.3 is 5.32 Å². The van der Waals surface area contributed by atoms with Crippen molar-refractivity contribution in [1.82, 2.24) is 0 Å². The molecule has 0 saturated heterocycles. The average molecular weight is 175 g/mol. The van der Waals surface area contributed by atoms with Crippen molar-refractivity contribution in [3.8, 4) is 0 Å². The van der Waals surface area contributed by atoms with Crippen LogP contribution in [0.25, 0.3) is 0 Å². The molecule has 0 radical (unpaired) electrons. The predicted molar refractivity (Wildman–Crippen MR) is 57.2 cm³/mol. The molecular weight excluding hydrogens is 158 g/mol. The Hall–Kier alpha value is -0.980. The van der Waals surface area contributed by atoms with Gasteiger partial charge in [-0.1, -0.05) is 31.5 Å². The maximum atomic E-state index is 3.48. The summed E-state index contributed by atoms with van der Waals surface area (Å²) in [6.07, 6.45) is 5.02. The highest BCUT2D eigenvalue weighted by molar-refractivity contribution is 5.61. The first kappa shape index (κ1) is 8.61. The van der Waals surface area contributed by atoms with Crippen LogP contribution in [-0.2, 0) is 12.8 Å². The third-order valence-electron chi connectivity index (χ3n) is 2.73. The van der Waals surface area contributed by atoms with E-state index in [0.717, 1.165) is 6.54 Å². The minimum absolute atomic E-state index is 1.12. The summed E-state index contributed by atoms with van der Waals surface area (Å²) in [4.78, 5) is 0. The van der Waals surface area contributed by atoms with Gasteiger partial charge in [0.25, 0.3) is 0 Å². The molecule has 2 rings (SSSR count). The second kappa shape index (κ2) is 3.82. The van der Waals surface area contributed by atoms with E-state index >= 15 is 0 Å². The number of para-hydroxylation sites is 1. The van der Waals surface area contributed by atoms with Crippen molar-refractivity contribution >= 4 is 5.69 Å². The van der Waals surface area contributed by atoms with Crippen molar-refractivity contribution in [3.63, 3.8) is 0 Å². The van der Waals surface area contributed by atoms with Crippen LogP contribution in [0.3, 0.4) is 0 Å². The van der Waals surface area contributed by atoms with Crippen LogP contribution in [0.5, 0.6) is 0 Å². The lowest BCUT2D eigenvalue weighted by molar-refractivity contribution is 0.796. The zero-order valence-corrected chi connectivity index (χ0v) is 8.27. The lowest BCUT2D eigenvalue weighted by Crippen LogP contribution is -1.95. The Morgan fingerprint density at radius 2 is 2.31 bits per heavy atom. The van der Waals surface area contributed by atoms with Gasteiger partial charge in [0, 0.05) is 12.2 Å². The molecule has 1 nitrogen and oxygen atoms in total. The van der Waals surface area contributed by atoms with E-state index in [1.807, 2.05) is 0 Å². The molecule has 1 N–H and O–H groups in total. The molecule has 0 aromatic heterocycles. The Balaban J connectivity index is 2.20. The maximum absolute atomic E-state index is 3.48. The van der Waals surface area contributed by atoms with Gasteiger partial charge in [0.15, 0.2) is 0 Å².